The van der Waals surface area contributed by atoms with Crippen LogP contribution >= 0.6 is 15.9 Å². The number of carbonyl (C=O) groups excluding carboxylic acids is 1. The van der Waals surface area contributed by atoms with Gasteiger partial charge in [-0.3, -0.25) is 14.9 Å². The average Bonchev–Trinajstić information content (AvgIpc) is 3.09. The number of benzene rings is 2. The summed E-state index contributed by atoms with van der Waals surface area (Å²) in [6.45, 7) is 0.0524. The number of hydrogen-bond donors (Lipinski definition) is 1. The van der Waals surface area contributed by atoms with Gasteiger partial charge in [0.2, 0.25) is 11.7 Å². The number of nitro groups is 1. The Morgan fingerprint density at radius 3 is 2.68 bits per heavy atom. The van der Waals surface area contributed by atoms with E-state index in [9.17, 15) is 14.9 Å². The molecule has 9 heteroatoms. The van der Waals surface area contributed by atoms with Gasteiger partial charge in [-0.05, 0) is 24.3 Å². The summed E-state index contributed by atoms with van der Waals surface area (Å²) in [4.78, 5) is 26.3. The highest BCUT2D eigenvalue weighted by atomic mass is 79.9. The van der Waals surface area contributed by atoms with E-state index in [2.05, 4.69) is 31.4 Å². The van der Waals surface area contributed by atoms with Crippen LogP contribution in [0.15, 0.2) is 57.5 Å². The molecule has 0 aliphatic carbocycles. The average molecular weight is 403 g/mol. The Labute approximate surface area is 150 Å². The molecule has 126 valence electrons. The zero-order valence-electron chi connectivity index (χ0n) is 12.7. The van der Waals surface area contributed by atoms with Gasteiger partial charge in [-0.25, -0.2) is 0 Å². The van der Waals surface area contributed by atoms with Crippen LogP contribution in [-0.4, -0.2) is 21.0 Å². The van der Waals surface area contributed by atoms with Crippen molar-refractivity contribution in [2.24, 2.45) is 0 Å². The van der Waals surface area contributed by atoms with Gasteiger partial charge in [-0.2, -0.15) is 4.98 Å². The van der Waals surface area contributed by atoms with Gasteiger partial charge in [0, 0.05) is 27.7 Å². The zero-order chi connectivity index (χ0) is 17.8. The maximum absolute atomic E-state index is 12.0. The Hall–Kier alpha value is -3.07. The molecule has 0 unspecified atom stereocenters. The summed E-state index contributed by atoms with van der Waals surface area (Å²) in [6.07, 6.45) is 0. The lowest BCUT2D eigenvalue weighted by Crippen LogP contribution is -2.22. The van der Waals surface area contributed by atoms with E-state index in [1.54, 1.807) is 0 Å². The van der Waals surface area contributed by atoms with E-state index in [0.717, 1.165) is 10.0 Å². The fraction of sp³-hybridized carbons (Fsp3) is 0.0625. The van der Waals surface area contributed by atoms with Crippen LogP contribution in [0.3, 0.4) is 0 Å². The highest BCUT2D eigenvalue weighted by Crippen LogP contribution is 2.20. The summed E-state index contributed by atoms with van der Waals surface area (Å²) in [5.41, 5.74) is 1.01. The molecule has 0 radical (unpaired) electrons. The second-order valence-corrected chi connectivity index (χ2v) is 5.92. The summed E-state index contributed by atoms with van der Waals surface area (Å²) in [7, 11) is 0. The minimum absolute atomic E-state index is 0.0524. The molecule has 3 rings (SSSR count). The number of non-ortho nitro benzene ring substituents is 1. The molecule has 1 aromatic heterocycles. The third-order valence-electron chi connectivity index (χ3n) is 3.29. The Kier molecular flexibility index (Phi) is 4.85. The van der Waals surface area contributed by atoms with Crippen LogP contribution < -0.4 is 5.32 Å². The normalized spacial score (nSPS) is 10.4. The molecule has 25 heavy (non-hydrogen) atoms. The summed E-state index contributed by atoms with van der Waals surface area (Å²) in [6, 6.07) is 12.7. The van der Waals surface area contributed by atoms with Crippen LogP contribution in [0, 0.1) is 10.1 Å². The van der Waals surface area contributed by atoms with Gasteiger partial charge < -0.3 is 9.84 Å². The molecule has 1 heterocycles. The van der Waals surface area contributed by atoms with Crippen LogP contribution in [0.25, 0.3) is 11.4 Å². The SMILES string of the molecule is O=C(NCc1nc(-c2cccc(Br)c2)no1)c1ccc([N+](=O)[O-])cc1. The van der Waals surface area contributed by atoms with Gasteiger partial charge in [-0.1, -0.05) is 33.2 Å². The molecule has 0 atom stereocenters. The lowest BCUT2D eigenvalue weighted by atomic mass is 10.2. The van der Waals surface area contributed by atoms with Crippen LogP contribution in [0.1, 0.15) is 16.2 Å². The van der Waals surface area contributed by atoms with E-state index < -0.39 is 10.8 Å². The molecule has 0 bridgehead atoms. The molecule has 0 saturated heterocycles. The summed E-state index contributed by atoms with van der Waals surface area (Å²) < 4.78 is 6.01. The van der Waals surface area contributed by atoms with Crippen molar-refractivity contribution in [1.82, 2.24) is 15.5 Å². The van der Waals surface area contributed by atoms with Crippen molar-refractivity contribution in [2.75, 3.05) is 0 Å². The standard InChI is InChI=1S/C16H11BrN4O4/c17-12-3-1-2-11(8-12)15-19-14(25-20-15)9-18-16(22)10-4-6-13(7-5-10)21(23)24/h1-8H,9H2,(H,18,22). The van der Waals surface area contributed by atoms with Gasteiger partial charge >= 0.3 is 0 Å². The molecule has 1 amide bonds. The number of nitro benzene ring substituents is 1. The molecule has 0 fully saturated rings. The van der Waals surface area contributed by atoms with Crippen molar-refractivity contribution in [3.63, 3.8) is 0 Å². The first-order valence-corrected chi connectivity index (χ1v) is 7.93. The van der Waals surface area contributed by atoms with Gasteiger partial charge in [0.15, 0.2) is 0 Å². The Bertz CT molecular complexity index is 924. The molecule has 0 spiro atoms. The largest absolute Gasteiger partial charge is 0.343 e. The van der Waals surface area contributed by atoms with E-state index in [1.807, 2.05) is 24.3 Å². The van der Waals surface area contributed by atoms with Crippen molar-refractivity contribution >= 4 is 27.5 Å². The van der Waals surface area contributed by atoms with E-state index in [4.69, 9.17) is 4.52 Å². The number of amides is 1. The van der Waals surface area contributed by atoms with Crippen molar-refractivity contribution in [3.05, 3.63) is 74.6 Å². The van der Waals surface area contributed by atoms with E-state index in [1.165, 1.54) is 24.3 Å². The quantitative estimate of drug-likeness (QED) is 0.517. The lowest BCUT2D eigenvalue weighted by Gasteiger charge is -2.01. The fourth-order valence-electron chi connectivity index (χ4n) is 2.06. The number of rotatable bonds is 5. The number of nitrogens with zero attached hydrogens (tertiary/aromatic N) is 3. The van der Waals surface area contributed by atoms with Crippen molar-refractivity contribution in [1.29, 1.82) is 0 Å². The summed E-state index contributed by atoms with van der Waals surface area (Å²) in [5, 5.41) is 17.1. The van der Waals surface area contributed by atoms with E-state index in [-0.39, 0.29) is 18.1 Å². The van der Waals surface area contributed by atoms with Gasteiger partial charge in [0.1, 0.15) is 0 Å². The highest BCUT2D eigenvalue weighted by molar-refractivity contribution is 9.10. The highest BCUT2D eigenvalue weighted by Gasteiger charge is 2.12. The van der Waals surface area contributed by atoms with Crippen LogP contribution in [-0.2, 0) is 6.54 Å². The maximum atomic E-state index is 12.0. The number of nitrogens with one attached hydrogen (secondary N) is 1. The first-order valence-electron chi connectivity index (χ1n) is 7.14. The fourth-order valence-corrected chi connectivity index (χ4v) is 2.46. The molecular weight excluding hydrogens is 392 g/mol. The smallest absolute Gasteiger partial charge is 0.269 e. The van der Waals surface area contributed by atoms with Crippen LogP contribution in [0.2, 0.25) is 0 Å². The predicted octanol–water partition coefficient (Wildman–Crippen LogP) is 3.34. The molecule has 3 aromatic rings. The Morgan fingerprint density at radius 2 is 2.00 bits per heavy atom. The van der Waals surface area contributed by atoms with Crippen molar-refractivity contribution in [3.8, 4) is 11.4 Å². The van der Waals surface area contributed by atoms with Gasteiger partial charge in [0.25, 0.3) is 11.6 Å². The molecule has 0 aliphatic heterocycles. The second kappa shape index (κ2) is 7.22. The molecule has 0 saturated carbocycles. The minimum Gasteiger partial charge on any atom is -0.343 e. The Balaban J connectivity index is 1.64. The predicted molar refractivity (Wildman–Crippen MR) is 91.7 cm³/mol. The third-order valence-corrected chi connectivity index (χ3v) is 3.78. The van der Waals surface area contributed by atoms with Crippen molar-refractivity contribution < 1.29 is 14.2 Å². The number of aromatic nitrogens is 2. The summed E-state index contributed by atoms with van der Waals surface area (Å²) >= 11 is 3.37. The topological polar surface area (TPSA) is 111 Å². The molecule has 0 aliphatic rings. The maximum Gasteiger partial charge on any atom is 0.269 e. The zero-order valence-corrected chi connectivity index (χ0v) is 14.3. The monoisotopic (exact) mass is 402 g/mol. The van der Waals surface area contributed by atoms with Crippen LogP contribution in [0.5, 0.6) is 0 Å². The molecule has 2 aromatic carbocycles. The van der Waals surface area contributed by atoms with E-state index >= 15 is 0 Å². The first-order chi connectivity index (χ1) is 12.0. The Morgan fingerprint density at radius 1 is 1.24 bits per heavy atom. The first kappa shape index (κ1) is 16.8. The van der Waals surface area contributed by atoms with Gasteiger partial charge in [0.05, 0.1) is 11.5 Å². The second-order valence-electron chi connectivity index (χ2n) is 5.01. The number of hydrogen-bond acceptors (Lipinski definition) is 6. The number of halogens is 1. The molecule has 8 nitrogen and oxygen atoms in total. The molecular formula is C16H11BrN4O4. The third kappa shape index (κ3) is 4.07. The van der Waals surface area contributed by atoms with Gasteiger partial charge in [-0.15, -0.1) is 0 Å². The van der Waals surface area contributed by atoms with Crippen LogP contribution in [0.4, 0.5) is 5.69 Å². The lowest BCUT2D eigenvalue weighted by molar-refractivity contribution is -0.384. The van der Waals surface area contributed by atoms with E-state index in [0.29, 0.717) is 11.4 Å². The van der Waals surface area contributed by atoms with Crippen molar-refractivity contribution in [2.45, 2.75) is 6.54 Å². The molecule has 1 N–H and O–H groups in total. The minimum atomic E-state index is -0.524. The number of carbonyl (C=O) groups is 1. The summed E-state index contributed by atoms with van der Waals surface area (Å²) in [5.74, 6) is 0.281.